The van der Waals surface area contributed by atoms with Gasteiger partial charge in [-0.1, -0.05) is 26.2 Å². The van der Waals surface area contributed by atoms with Gasteiger partial charge in [-0.3, -0.25) is 0 Å². The van der Waals surface area contributed by atoms with Crippen LogP contribution < -0.4 is 5.30 Å². The molecule has 0 aliphatic heterocycles. The summed E-state index contributed by atoms with van der Waals surface area (Å²) in [5.41, 5.74) is -13.5. The normalized spacial score (nSPS) is 15.3. The molecule has 0 fully saturated rings. The SMILES string of the molecule is CCCCCCC(F)(F)C(F)(F)C(F)(F)P(c1cc(F)ccc1F)C(F)(F)C(F)(F)F. The average Bonchev–Trinajstić information content (AvgIpc) is 2.60. The van der Waals surface area contributed by atoms with Crippen LogP contribution in [0.4, 0.5) is 57.1 Å². The van der Waals surface area contributed by atoms with Gasteiger partial charge in [0.2, 0.25) is 0 Å². The largest absolute Gasteiger partial charge is 0.458 e. The Hall–Kier alpha value is -1.26. The summed E-state index contributed by atoms with van der Waals surface area (Å²) < 4.78 is 179. The number of alkyl halides is 11. The van der Waals surface area contributed by atoms with Crippen molar-refractivity contribution in [2.75, 3.05) is 0 Å². The molecule has 0 N–H and O–H groups in total. The molecule has 0 spiro atoms. The summed E-state index contributed by atoms with van der Waals surface area (Å²) in [4.78, 5) is 0. The number of hydrogen-bond donors (Lipinski definition) is 0. The third kappa shape index (κ3) is 5.39. The first-order valence-electron chi connectivity index (χ1n) is 8.68. The molecule has 1 unspecified atom stereocenters. The van der Waals surface area contributed by atoms with Gasteiger partial charge in [-0.05, 0) is 24.6 Å². The lowest BCUT2D eigenvalue weighted by Crippen LogP contribution is -2.57. The van der Waals surface area contributed by atoms with Crippen molar-refractivity contribution < 1.29 is 57.1 Å². The van der Waals surface area contributed by atoms with Gasteiger partial charge >= 0.3 is 29.3 Å². The Morgan fingerprint density at radius 3 is 1.77 bits per heavy atom. The van der Waals surface area contributed by atoms with Gasteiger partial charge in [0.15, 0.2) is 0 Å². The predicted octanol–water partition coefficient (Wildman–Crippen LogP) is 8.06. The highest BCUT2D eigenvalue weighted by atomic mass is 31.1. The third-order valence-electron chi connectivity index (χ3n) is 4.23. The van der Waals surface area contributed by atoms with Gasteiger partial charge in [0.25, 0.3) is 0 Å². The summed E-state index contributed by atoms with van der Waals surface area (Å²) in [6, 6.07) is -0.579. The molecule has 1 aromatic carbocycles. The summed E-state index contributed by atoms with van der Waals surface area (Å²) in [6.45, 7) is 1.60. The molecule has 31 heavy (non-hydrogen) atoms. The Kier molecular flexibility index (Phi) is 8.34. The number of rotatable bonds is 10. The van der Waals surface area contributed by atoms with Crippen LogP contribution in [0.2, 0.25) is 0 Å². The molecule has 0 nitrogen and oxygen atoms in total. The zero-order valence-corrected chi connectivity index (χ0v) is 16.5. The topological polar surface area (TPSA) is 0 Å². The fraction of sp³-hybridized carbons (Fsp3) is 0.647. The third-order valence-corrected chi connectivity index (χ3v) is 6.72. The van der Waals surface area contributed by atoms with Crippen LogP contribution in [-0.4, -0.2) is 29.3 Å². The zero-order chi connectivity index (χ0) is 24.5. The van der Waals surface area contributed by atoms with E-state index >= 15 is 0 Å². The van der Waals surface area contributed by atoms with Gasteiger partial charge in [-0.25, -0.2) is 8.78 Å². The Bertz CT molecular complexity index is 742. The second-order valence-electron chi connectivity index (χ2n) is 6.60. The van der Waals surface area contributed by atoms with Crippen LogP contribution in [0.3, 0.4) is 0 Å². The molecule has 0 saturated carbocycles. The lowest BCUT2D eigenvalue weighted by atomic mass is 10.0. The highest BCUT2D eigenvalue weighted by molar-refractivity contribution is 7.68. The van der Waals surface area contributed by atoms with Crippen LogP contribution in [0.5, 0.6) is 0 Å². The van der Waals surface area contributed by atoms with E-state index in [9.17, 15) is 57.1 Å². The van der Waals surface area contributed by atoms with E-state index in [-0.39, 0.29) is 25.0 Å². The first-order valence-corrected chi connectivity index (χ1v) is 10.0. The quantitative estimate of drug-likeness (QED) is 0.174. The molecular formula is C17H16F13P. The van der Waals surface area contributed by atoms with Gasteiger partial charge < -0.3 is 0 Å². The molecule has 1 aromatic rings. The first kappa shape index (κ1) is 27.8. The van der Waals surface area contributed by atoms with E-state index in [4.69, 9.17) is 0 Å². The fourth-order valence-electron chi connectivity index (χ4n) is 2.55. The molecule has 14 heteroatoms. The second-order valence-corrected chi connectivity index (χ2v) is 8.88. The maximum atomic E-state index is 14.5. The van der Waals surface area contributed by atoms with Crippen molar-refractivity contribution in [2.24, 2.45) is 0 Å². The Balaban J connectivity index is 3.63. The van der Waals surface area contributed by atoms with Gasteiger partial charge in [-0.2, -0.15) is 48.3 Å². The molecule has 0 saturated heterocycles. The first-order chi connectivity index (χ1) is 13.8. The van der Waals surface area contributed by atoms with E-state index < -0.39 is 73.1 Å². The molecular weight excluding hydrogens is 482 g/mol. The maximum absolute atomic E-state index is 14.5. The summed E-state index contributed by atoms with van der Waals surface area (Å²) in [5.74, 6) is -16.6. The standard InChI is InChI=1S/C17H16F13P/c1-2-3-4-5-8-13(20,21)14(22,23)16(27,28)31(17(29,30)15(24,25)26)12-9-10(18)6-7-11(12)19/h6-7,9H,2-5,8H2,1H3. The van der Waals surface area contributed by atoms with E-state index in [1.807, 2.05) is 0 Å². The molecule has 0 radical (unpaired) electrons. The smallest absolute Gasteiger partial charge is 0.207 e. The van der Waals surface area contributed by atoms with E-state index in [1.54, 1.807) is 6.92 Å². The molecule has 1 rings (SSSR count). The summed E-state index contributed by atoms with van der Waals surface area (Å²) in [5, 5.41) is -2.45. The highest BCUT2D eigenvalue weighted by Gasteiger charge is 2.81. The maximum Gasteiger partial charge on any atom is 0.458 e. The van der Waals surface area contributed by atoms with Crippen molar-refractivity contribution in [3.8, 4) is 0 Å². The van der Waals surface area contributed by atoms with E-state index in [0.29, 0.717) is 6.42 Å². The molecule has 0 bridgehead atoms. The second kappa shape index (κ2) is 9.31. The lowest BCUT2D eigenvalue weighted by molar-refractivity contribution is -0.287. The van der Waals surface area contributed by atoms with Crippen molar-refractivity contribution in [3.63, 3.8) is 0 Å². The summed E-state index contributed by atoms with van der Waals surface area (Å²) in [7, 11) is -6.08. The van der Waals surface area contributed by atoms with Crippen LogP contribution in [-0.2, 0) is 0 Å². The predicted molar refractivity (Wildman–Crippen MR) is 87.5 cm³/mol. The van der Waals surface area contributed by atoms with Gasteiger partial charge in [-0.15, -0.1) is 0 Å². The molecule has 180 valence electrons. The molecule has 1 atom stereocenters. The molecule has 0 aromatic heterocycles. The summed E-state index contributed by atoms with van der Waals surface area (Å²) in [6.07, 6.45) is -9.10. The Labute approximate surface area is 169 Å². The minimum absolute atomic E-state index is 0.125. The fourth-order valence-corrected chi connectivity index (χ4v) is 4.75. The van der Waals surface area contributed by atoms with Crippen molar-refractivity contribution in [1.29, 1.82) is 0 Å². The molecule has 0 amide bonds. The number of unbranched alkanes of at least 4 members (excludes halogenated alkanes) is 3. The highest BCUT2D eigenvalue weighted by Crippen LogP contribution is 2.72. The van der Waals surface area contributed by atoms with Crippen LogP contribution in [0.15, 0.2) is 18.2 Å². The van der Waals surface area contributed by atoms with Crippen LogP contribution >= 0.6 is 7.92 Å². The average molecular weight is 498 g/mol. The van der Waals surface area contributed by atoms with Crippen LogP contribution in [0.1, 0.15) is 39.0 Å². The van der Waals surface area contributed by atoms with Gasteiger partial charge in [0, 0.05) is 11.7 Å². The van der Waals surface area contributed by atoms with E-state index in [1.165, 1.54) is 0 Å². The Morgan fingerprint density at radius 1 is 0.742 bits per heavy atom. The van der Waals surface area contributed by atoms with Gasteiger partial charge in [0.1, 0.15) is 11.6 Å². The van der Waals surface area contributed by atoms with Crippen molar-refractivity contribution >= 4 is 13.2 Å². The van der Waals surface area contributed by atoms with Crippen molar-refractivity contribution in [2.45, 2.75) is 68.4 Å². The molecule has 0 heterocycles. The minimum atomic E-state index is -6.95. The number of hydrogen-bond acceptors (Lipinski definition) is 0. The zero-order valence-electron chi connectivity index (χ0n) is 15.6. The van der Waals surface area contributed by atoms with E-state index in [0.717, 1.165) is 0 Å². The van der Waals surface area contributed by atoms with E-state index in [2.05, 4.69) is 0 Å². The molecule has 0 aliphatic rings. The van der Waals surface area contributed by atoms with Gasteiger partial charge in [0.05, 0.1) is 7.92 Å². The van der Waals surface area contributed by atoms with Crippen LogP contribution in [0, 0.1) is 11.6 Å². The minimum Gasteiger partial charge on any atom is -0.207 e. The monoisotopic (exact) mass is 498 g/mol. The number of halogens is 13. The number of benzene rings is 1. The van der Waals surface area contributed by atoms with Crippen molar-refractivity contribution in [3.05, 3.63) is 29.8 Å². The summed E-state index contributed by atoms with van der Waals surface area (Å²) >= 11 is 0. The lowest BCUT2D eigenvalue weighted by Gasteiger charge is -2.40. The Morgan fingerprint density at radius 2 is 1.29 bits per heavy atom. The van der Waals surface area contributed by atoms with Crippen LogP contribution in [0.25, 0.3) is 0 Å². The molecule has 0 aliphatic carbocycles. The van der Waals surface area contributed by atoms with Crippen molar-refractivity contribution in [1.82, 2.24) is 0 Å².